The van der Waals surface area contributed by atoms with E-state index >= 15 is 0 Å². The van der Waals surface area contributed by atoms with E-state index in [-0.39, 0.29) is 43.0 Å². The van der Waals surface area contributed by atoms with Crippen LogP contribution in [0.2, 0.25) is 0 Å². The fourth-order valence-corrected chi connectivity index (χ4v) is 8.17. The molecule has 3 aliphatic rings. The lowest BCUT2D eigenvalue weighted by Crippen LogP contribution is -2.65. The zero-order valence-electron chi connectivity index (χ0n) is 34.5. The van der Waals surface area contributed by atoms with Crippen molar-refractivity contribution in [1.82, 2.24) is 0 Å². The molecule has 3 saturated heterocycles. The summed E-state index contributed by atoms with van der Waals surface area (Å²) in [6.45, 7) is 12.2. The van der Waals surface area contributed by atoms with E-state index in [0.29, 0.717) is 19.6 Å². The summed E-state index contributed by atoms with van der Waals surface area (Å²) in [6, 6.07) is 29.5. The summed E-state index contributed by atoms with van der Waals surface area (Å²) in [6.07, 6.45) is -8.83. The number of carbonyl (C=O) groups excluding carboxylic acids is 1. The molecule has 0 spiro atoms. The summed E-state index contributed by atoms with van der Waals surface area (Å²) in [5, 5.41) is 22.4. The SMILES string of the molecule is CCC1O[C@@H](O[C@@H]2C(OCc3ccccc3)[C@H](O[C@@H]3C(COCc4ccccc4)O[C@@H](OCc4ccccc4)C(C)[C@H]3C)OC(CO)[C@H]2O)C(OC(C)=O)[C@H](C)[C@H]1C. The molecule has 3 heterocycles. The van der Waals surface area contributed by atoms with E-state index in [2.05, 4.69) is 20.8 Å². The molecule has 12 heteroatoms. The van der Waals surface area contributed by atoms with Crippen LogP contribution in [0, 0.1) is 23.7 Å². The molecule has 0 aliphatic carbocycles. The highest BCUT2D eigenvalue weighted by Gasteiger charge is 2.54. The van der Waals surface area contributed by atoms with Gasteiger partial charge in [-0.3, -0.25) is 4.79 Å². The van der Waals surface area contributed by atoms with Gasteiger partial charge in [0.05, 0.1) is 45.2 Å². The second-order valence-corrected chi connectivity index (χ2v) is 16.0. The van der Waals surface area contributed by atoms with Gasteiger partial charge in [-0.25, -0.2) is 0 Å². The molecule has 0 saturated carbocycles. The van der Waals surface area contributed by atoms with Crippen LogP contribution in [-0.4, -0.2) is 97.1 Å². The van der Waals surface area contributed by atoms with Gasteiger partial charge in [-0.05, 0) is 34.9 Å². The minimum atomic E-state index is -1.36. The van der Waals surface area contributed by atoms with Crippen molar-refractivity contribution in [3.05, 3.63) is 108 Å². The molecule has 6 rings (SSSR count). The van der Waals surface area contributed by atoms with Crippen LogP contribution < -0.4 is 0 Å². The first-order valence-electron chi connectivity index (χ1n) is 20.7. The minimum absolute atomic E-state index is 0.0662. The summed E-state index contributed by atoms with van der Waals surface area (Å²) in [5.41, 5.74) is 2.93. The number of carbonyl (C=O) groups is 1. The van der Waals surface area contributed by atoms with Gasteiger partial charge in [-0.2, -0.15) is 0 Å². The average Bonchev–Trinajstić information content (AvgIpc) is 3.24. The Kier molecular flexibility index (Phi) is 16.3. The molecule has 0 bridgehead atoms. The van der Waals surface area contributed by atoms with Crippen molar-refractivity contribution >= 4 is 5.97 Å². The Balaban J connectivity index is 1.29. The predicted octanol–water partition coefficient (Wildman–Crippen LogP) is 6.19. The van der Waals surface area contributed by atoms with Crippen LogP contribution >= 0.6 is 0 Å². The Bertz CT molecular complexity index is 1650. The lowest BCUT2D eigenvalue weighted by molar-refractivity contribution is -0.377. The summed E-state index contributed by atoms with van der Waals surface area (Å²) in [4.78, 5) is 12.4. The Morgan fingerprint density at radius 3 is 1.66 bits per heavy atom. The molecule has 0 aromatic heterocycles. The molecular formula is C46H62O12. The van der Waals surface area contributed by atoms with E-state index < -0.39 is 74.2 Å². The zero-order chi connectivity index (χ0) is 41.2. The first-order chi connectivity index (χ1) is 28.1. The number of rotatable bonds is 17. The molecule has 0 radical (unpaired) electrons. The number of hydrogen-bond acceptors (Lipinski definition) is 12. The van der Waals surface area contributed by atoms with Crippen LogP contribution in [-0.2, 0) is 67.2 Å². The number of benzene rings is 3. The molecule has 58 heavy (non-hydrogen) atoms. The van der Waals surface area contributed by atoms with Crippen molar-refractivity contribution in [2.24, 2.45) is 23.7 Å². The second kappa shape index (κ2) is 21.3. The Labute approximate surface area is 343 Å². The van der Waals surface area contributed by atoms with Crippen LogP contribution in [0.15, 0.2) is 91.0 Å². The molecule has 2 N–H and O–H groups in total. The Morgan fingerprint density at radius 1 is 0.586 bits per heavy atom. The quantitative estimate of drug-likeness (QED) is 0.150. The topological polar surface area (TPSA) is 141 Å². The summed E-state index contributed by atoms with van der Waals surface area (Å²) >= 11 is 0. The molecule has 3 aromatic carbocycles. The van der Waals surface area contributed by atoms with E-state index in [1.165, 1.54) is 6.92 Å². The minimum Gasteiger partial charge on any atom is -0.457 e. The van der Waals surface area contributed by atoms with Gasteiger partial charge in [0, 0.05) is 18.8 Å². The lowest BCUT2D eigenvalue weighted by atomic mass is 9.82. The summed E-state index contributed by atoms with van der Waals surface area (Å²) in [5.74, 6) is -0.783. The highest BCUT2D eigenvalue weighted by molar-refractivity contribution is 5.66. The molecule has 0 amide bonds. The zero-order valence-corrected chi connectivity index (χ0v) is 34.5. The molecule has 3 fully saturated rings. The third-order valence-electron chi connectivity index (χ3n) is 12.0. The largest absolute Gasteiger partial charge is 0.457 e. The highest BCUT2D eigenvalue weighted by Crippen LogP contribution is 2.40. The molecule has 3 aliphatic heterocycles. The molecule has 6 unspecified atom stereocenters. The van der Waals surface area contributed by atoms with Crippen LogP contribution in [0.1, 0.15) is 64.7 Å². The number of esters is 1. The fourth-order valence-electron chi connectivity index (χ4n) is 8.17. The van der Waals surface area contributed by atoms with Gasteiger partial charge < -0.3 is 52.8 Å². The van der Waals surface area contributed by atoms with Gasteiger partial charge in [0.1, 0.15) is 30.5 Å². The summed E-state index contributed by atoms with van der Waals surface area (Å²) in [7, 11) is 0. The maximum absolute atomic E-state index is 12.4. The number of aliphatic hydroxyl groups excluding tert-OH is 2. The van der Waals surface area contributed by atoms with Gasteiger partial charge >= 0.3 is 5.97 Å². The number of aliphatic hydroxyl groups is 2. The smallest absolute Gasteiger partial charge is 0.303 e. The highest BCUT2D eigenvalue weighted by atomic mass is 16.8. The van der Waals surface area contributed by atoms with E-state index in [9.17, 15) is 15.0 Å². The Morgan fingerprint density at radius 2 is 1.09 bits per heavy atom. The van der Waals surface area contributed by atoms with Gasteiger partial charge in [-0.1, -0.05) is 126 Å². The first kappa shape index (κ1) is 44.3. The van der Waals surface area contributed by atoms with Crippen molar-refractivity contribution in [2.45, 2.75) is 135 Å². The van der Waals surface area contributed by atoms with Crippen molar-refractivity contribution in [3.8, 4) is 0 Å². The normalized spacial score (nSPS) is 35.3. The fraction of sp³-hybridized carbons (Fsp3) is 0.587. The van der Waals surface area contributed by atoms with Crippen molar-refractivity contribution in [3.63, 3.8) is 0 Å². The monoisotopic (exact) mass is 806 g/mol. The van der Waals surface area contributed by atoms with Gasteiger partial charge in [0.25, 0.3) is 0 Å². The van der Waals surface area contributed by atoms with Crippen molar-refractivity contribution < 1.29 is 57.6 Å². The Hall–Kier alpha value is -3.27. The maximum Gasteiger partial charge on any atom is 0.303 e. The first-order valence-corrected chi connectivity index (χ1v) is 20.7. The van der Waals surface area contributed by atoms with Crippen LogP contribution in [0.25, 0.3) is 0 Å². The summed E-state index contributed by atoms with van der Waals surface area (Å²) < 4.78 is 58.4. The van der Waals surface area contributed by atoms with Gasteiger partial charge in [0.15, 0.2) is 25.0 Å². The molecular weight excluding hydrogens is 744 g/mol. The van der Waals surface area contributed by atoms with Crippen LogP contribution in [0.5, 0.6) is 0 Å². The lowest BCUT2D eigenvalue weighted by Gasteiger charge is -2.50. The average molecular weight is 807 g/mol. The van der Waals surface area contributed by atoms with E-state index in [0.717, 1.165) is 16.7 Å². The third-order valence-corrected chi connectivity index (χ3v) is 12.0. The van der Waals surface area contributed by atoms with Crippen molar-refractivity contribution in [2.75, 3.05) is 13.2 Å². The van der Waals surface area contributed by atoms with Crippen LogP contribution in [0.3, 0.4) is 0 Å². The second-order valence-electron chi connectivity index (χ2n) is 16.0. The molecule has 318 valence electrons. The molecule has 15 atom stereocenters. The third kappa shape index (κ3) is 11.1. The van der Waals surface area contributed by atoms with E-state index in [1.54, 1.807) is 0 Å². The van der Waals surface area contributed by atoms with E-state index in [4.69, 9.17) is 42.6 Å². The predicted molar refractivity (Wildman–Crippen MR) is 214 cm³/mol. The van der Waals surface area contributed by atoms with Crippen molar-refractivity contribution in [1.29, 1.82) is 0 Å². The standard InChI is InChI=1S/C46H62O12/c1-7-36-28(2)29(3)41(53-32(6)48)45(54-36)58-42-39(49)37(23-47)55-46(43(42)51-25-34-19-13-9-14-20-34)57-40-30(4)31(5)44(52-26-35-21-15-10-16-22-35)56-38(40)27-50-24-33-17-11-8-12-18-33/h8-22,28-31,36-47,49H,7,23-27H2,1-6H3/t28-,29-,30-,31?,36?,37?,38?,39-,40+,41?,42+,43?,44-,45+,46+/m1/s1. The number of ether oxygens (including phenoxy) is 9. The molecule has 12 nitrogen and oxygen atoms in total. The van der Waals surface area contributed by atoms with Crippen LogP contribution in [0.4, 0.5) is 0 Å². The maximum atomic E-state index is 12.4. The molecule has 3 aromatic rings. The van der Waals surface area contributed by atoms with E-state index in [1.807, 2.05) is 105 Å². The number of hydrogen-bond donors (Lipinski definition) is 2. The van der Waals surface area contributed by atoms with Gasteiger partial charge in [0.2, 0.25) is 0 Å². The van der Waals surface area contributed by atoms with Gasteiger partial charge in [-0.15, -0.1) is 0 Å².